The lowest BCUT2D eigenvalue weighted by atomic mass is 9.83. The van der Waals surface area contributed by atoms with Gasteiger partial charge in [-0.1, -0.05) is 27.7 Å². The SMILES string of the molecule is CCCNC1(CC(=O)O)CC(C)(C)CC1C. The van der Waals surface area contributed by atoms with Crippen LogP contribution in [0.3, 0.4) is 0 Å². The summed E-state index contributed by atoms with van der Waals surface area (Å²) < 4.78 is 0. The molecule has 1 aliphatic carbocycles. The van der Waals surface area contributed by atoms with Gasteiger partial charge < -0.3 is 10.4 Å². The highest BCUT2D eigenvalue weighted by Crippen LogP contribution is 2.48. The molecular formula is C13H25NO2. The Balaban J connectivity index is 2.82. The first-order chi connectivity index (χ1) is 7.31. The van der Waals surface area contributed by atoms with Crippen molar-refractivity contribution in [3.63, 3.8) is 0 Å². The van der Waals surface area contributed by atoms with Crippen LogP contribution in [0.1, 0.15) is 53.4 Å². The second kappa shape index (κ2) is 4.74. The molecule has 0 aromatic rings. The standard InChI is InChI=1S/C13H25NO2/c1-5-6-14-13(8-11(15)16)9-12(3,4)7-10(13)2/h10,14H,5-9H2,1-4H3,(H,15,16). The highest BCUT2D eigenvalue weighted by atomic mass is 16.4. The zero-order chi connectivity index (χ0) is 12.4. The minimum absolute atomic E-state index is 0.189. The van der Waals surface area contributed by atoms with Crippen LogP contribution < -0.4 is 5.32 Å². The molecule has 3 nitrogen and oxygen atoms in total. The predicted octanol–water partition coefficient (Wildman–Crippen LogP) is 2.66. The molecule has 94 valence electrons. The smallest absolute Gasteiger partial charge is 0.305 e. The van der Waals surface area contributed by atoms with Gasteiger partial charge in [0.05, 0.1) is 6.42 Å². The van der Waals surface area contributed by atoms with Gasteiger partial charge in [0.25, 0.3) is 0 Å². The Bertz CT molecular complexity index is 263. The summed E-state index contributed by atoms with van der Waals surface area (Å²) in [5, 5.41) is 12.6. The Morgan fingerprint density at radius 3 is 2.50 bits per heavy atom. The van der Waals surface area contributed by atoms with E-state index < -0.39 is 5.97 Å². The minimum atomic E-state index is -0.687. The number of rotatable bonds is 5. The molecule has 2 N–H and O–H groups in total. The highest BCUT2D eigenvalue weighted by Gasteiger charge is 2.49. The third-order valence-electron chi connectivity index (χ3n) is 3.79. The van der Waals surface area contributed by atoms with Crippen LogP contribution in [0.2, 0.25) is 0 Å². The number of nitrogens with one attached hydrogen (secondary N) is 1. The lowest BCUT2D eigenvalue weighted by molar-refractivity contribution is -0.139. The number of carboxylic acid groups (broad SMARTS) is 1. The van der Waals surface area contributed by atoms with Gasteiger partial charge in [-0.15, -0.1) is 0 Å². The zero-order valence-electron chi connectivity index (χ0n) is 11.0. The molecule has 16 heavy (non-hydrogen) atoms. The molecule has 0 spiro atoms. The maximum Gasteiger partial charge on any atom is 0.305 e. The molecule has 0 aromatic carbocycles. The Labute approximate surface area is 98.6 Å². The normalized spacial score (nSPS) is 32.9. The third kappa shape index (κ3) is 2.97. The van der Waals surface area contributed by atoms with Crippen molar-refractivity contribution in [2.24, 2.45) is 11.3 Å². The zero-order valence-corrected chi connectivity index (χ0v) is 11.0. The molecule has 0 bridgehead atoms. The van der Waals surface area contributed by atoms with Gasteiger partial charge in [0.2, 0.25) is 0 Å². The van der Waals surface area contributed by atoms with Crippen LogP contribution in [0, 0.1) is 11.3 Å². The van der Waals surface area contributed by atoms with E-state index in [1.165, 1.54) is 0 Å². The van der Waals surface area contributed by atoms with E-state index in [-0.39, 0.29) is 17.4 Å². The topological polar surface area (TPSA) is 49.3 Å². The van der Waals surface area contributed by atoms with Crippen molar-refractivity contribution in [3.05, 3.63) is 0 Å². The second-order valence-electron chi connectivity index (χ2n) is 6.10. The van der Waals surface area contributed by atoms with Gasteiger partial charge in [-0.2, -0.15) is 0 Å². The van der Waals surface area contributed by atoms with Crippen molar-refractivity contribution in [1.29, 1.82) is 0 Å². The summed E-state index contributed by atoms with van der Waals surface area (Å²) in [4.78, 5) is 11.0. The molecule has 1 aliphatic rings. The fourth-order valence-corrected chi connectivity index (χ4v) is 3.30. The molecule has 1 fully saturated rings. The van der Waals surface area contributed by atoms with Gasteiger partial charge in [0, 0.05) is 5.54 Å². The van der Waals surface area contributed by atoms with Crippen LogP contribution in [0.4, 0.5) is 0 Å². The van der Waals surface area contributed by atoms with Gasteiger partial charge in [0.15, 0.2) is 0 Å². The quantitative estimate of drug-likeness (QED) is 0.759. The van der Waals surface area contributed by atoms with Gasteiger partial charge >= 0.3 is 5.97 Å². The van der Waals surface area contributed by atoms with E-state index >= 15 is 0 Å². The molecule has 2 unspecified atom stereocenters. The largest absolute Gasteiger partial charge is 0.481 e. The Morgan fingerprint density at radius 2 is 2.12 bits per heavy atom. The highest BCUT2D eigenvalue weighted by molar-refractivity contribution is 5.68. The van der Waals surface area contributed by atoms with Crippen molar-refractivity contribution in [2.45, 2.75) is 58.9 Å². The first-order valence-electron chi connectivity index (χ1n) is 6.28. The molecule has 1 saturated carbocycles. The Hall–Kier alpha value is -0.570. The van der Waals surface area contributed by atoms with Crippen molar-refractivity contribution in [2.75, 3.05) is 6.54 Å². The summed E-state index contributed by atoms with van der Waals surface area (Å²) in [6, 6.07) is 0. The van der Waals surface area contributed by atoms with Crippen LogP contribution in [0.5, 0.6) is 0 Å². The van der Waals surface area contributed by atoms with Crippen LogP contribution in [0.15, 0.2) is 0 Å². The average molecular weight is 227 g/mol. The van der Waals surface area contributed by atoms with Crippen molar-refractivity contribution >= 4 is 5.97 Å². The Morgan fingerprint density at radius 1 is 1.50 bits per heavy atom. The molecule has 0 aromatic heterocycles. The first kappa shape index (κ1) is 13.5. The maximum absolute atomic E-state index is 11.0. The van der Waals surface area contributed by atoms with Crippen molar-refractivity contribution in [3.8, 4) is 0 Å². The fourth-order valence-electron chi connectivity index (χ4n) is 3.30. The summed E-state index contributed by atoms with van der Waals surface area (Å²) in [6.45, 7) is 9.68. The fraction of sp³-hybridized carbons (Fsp3) is 0.923. The molecule has 0 heterocycles. The molecule has 0 amide bonds. The van der Waals surface area contributed by atoms with E-state index in [0.717, 1.165) is 25.8 Å². The summed E-state index contributed by atoms with van der Waals surface area (Å²) in [6.07, 6.45) is 3.37. The van der Waals surface area contributed by atoms with Gasteiger partial charge in [0.1, 0.15) is 0 Å². The summed E-state index contributed by atoms with van der Waals surface area (Å²) in [5.41, 5.74) is 0.0704. The first-order valence-corrected chi connectivity index (χ1v) is 6.28. The number of carboxylic acids is 1. The summed E-state index contributed by atoms with van der Waals surface area (Å²) in [5.74, 6) is -0.252. The number of hydrogen-bond acceptors (Lipinski definition) is 2. The number of hydrogen-bond donors (Lipinski definition) is 2. The van der Waals surface area contributed by atoms with E-state index in [0.29, 0.717) is 5.92 Å². The van der Waals surface area contributed by atoms with Crippen LogP contribution in [-0.4, -0.2) is 23.2 Å². The lowest BCUT2D eigenvalue weighted by Gasteiger charge is -2.34. The van der Waals surface area contributed by atoms with Gasteiger partial charge in [-0.05, 0) is 37.1 Å². The molecule has 0 aliphatic heterocycles. The van der Waals surface area contributed by atoms with Crippen molar-refractivity contribution in [1.82, 2.24) is 5.32 Å². The predicted molar refractivity (Wildman–Crippen MR) is 65.5 cm³/mol. The van der Waals surface area contributed by atoms with E-state index in [4.69, 9.17) is 5.11 Å². The van der Waals surface area contributed by atoms with Crippen molar-refractivity contribution < 1.29 is 9.90 Å². The number of aliphatic carboxylic acids is 1. The third-order valence-corrected chi connectivity index (χ3v) is 3.79. The van der Waals surface area contributed by atoms with E-state index in [2.05, 4.69) is 33.0 Å². The lowest BCUT2D eigenvalue weighted by Crippen LogP contribution is -2.49. The van der Waals surface area contributed by atoms with Crippen LogP contribution in [0.25, 0.3) is 0 Å². The Kier molecular flexibility index (Phi) is 4.00. The van der Waals surface area contributed by atoms with Crippen LogP contribution >= 0.6 is 0 Å². The second-order valence-corrected chi connectivity index (χ2v) is 6.10. The summed E-state index contributed by atoms with van der Waals surface area (Å²) in [7, 11) is 0. The summed E-state index contributed by atoms with van der Waals surface area (Å²) >= 11 is 0. The molecule has 3 heteroatoms. The van der Waals surface area contributed by atoms with E-state index in [1.54, 1.807) is 0 Å². The molecular weight excluding hydrogens is 202 g/mol. The average Bonchev–Trinajstić information content (AvgIpc) is 2.32. The van der Waals surface area contributed by atoms with E-state index in [1.807, 2.05) is 0 Å². The molecule has 2 atom stereocenters. The molecule has 1 rings (SSSR count). The van der Waals surface area contributed by atoms with Gasteiger partial charge in [-0.25, -0.2) is 0 Å². The van der Waals surface area contributed by atoms with E-state index in [9.17, 15) is 4.79 Å². The molecule has 0 saturated heterocycles. The number of carbonyl (C=O) groups is 1. The van der Waals surface area contributed by atoms with Gasteiger partial charge in [-0.3, -0.25) is 4.79 Å². The van der Waals surface area contributed by atoms with Crippen LogP contribution in [-0.2, 0) is 4.79 Å². The minimum Gasteiger partial charge on any atom is -0.481 e. The monoisotopic (exact) mass is 227 g/mol. The maximum atomic E-state index is 11.0. The molecule has 0 radical (unpaired) electrons.